The van der Waals surface area contributed by atoms with Crippen LogP contribution >= 0.6 is 0 Å². The fourth-order valence-corrected chi connectivity index (χ4v) is 2.33. The van der Waals surface area contributed by atoms with E-state index in [1.807, 2.05) is 30.5 Å². The second kappa shape index (κ2) is 5.76. The van der Waals surface area contributed by atoms with Gasteiger partial charge < -0.3 is 5.11 Å². The zero-order valence-electron chi connectivity index (χ0n) is 10.5. The van der Waals surface area contributed by atoms with Gasteiger partial charge in [-0.25, -0.2) is 9.48 Å². The third-order valence-corrected chi connectivity index (χ3v) is 3.22. The topological polar surface area (TPSA) is 32.6 Å². The summed E-state index contributed by atoms with van der Waals surface area (Å²) in [6, 6.07) is 10.3. The van der Waals surface area contributed by atoms with Crippen LogP contribution < -0.4 is 0 Å². The molecule has 0 bridgehead atoms. The summed E-state index contributed by atoms with van der Waals surface area (Å²) in [4.78, 5) is 4.42. The number of hydrogen-bond acceptors (Lipinski definition) is 2. The number of aliphatic imine (C=N–C) groups is 1. The van der Waals surface area contributed by atoms with Crippen LogP contribution in [0, 0.1) is 0 Å². The first kappa shape index (κ1) is 12.7. The number of amidine groups is 1. The van der Waals surface area contributed by atoms with Gasteiger partial charge >= 0.3 is 0 Å². The molecule has 0 spiro atoms. The largest absolute Gasteiger partial charge is 0.390 e. The van der Waals surface area contributed by atoms with Crippen LogP contribution in [-0.2, 0) is 6.54 Å². The van der Waals surface area contributed by atoms with Crippen LogP contribution in [-0.4, -0.2) is 28.6 Å². The first-order valence-corrected chi connectivity index (χ1v) is 6.18. The Balaban J connectivity index is 2.25. The number of aliphatic hydroxyl groups is 1. The molecule has 0 aromatic heterocycles. The van der Waals surface area contributed by atoms with Crippen molar-refractivity contribution in [3.8, 4) is 0 Å². The van der Waals surface area contributed by atoms with Gasteiger partial charge in [-0.05, 0) is 0 Å². The van der Waals surface area contributed by atoms with E-state index in [4.69, 9.17) is 0 Å². The quantitative estimate of drug-likeness (QED) is 0.604. The molecule has 1 N–H and O–H groups in total. The molecule has 0 radical (unpaired) electrons. The number of rotatable bonds is 6. The molecule has 0 fully saturated rings. The van der Waals surface area contributed by atoms with E-state index in [1.54, 1.807) is 0 Å². The second-order valence-corrected chi connectivity index (χ2v) is 4.46. The minimum Gasteiger partial charge on any atom is -0.390 e. The summed E-state index contributed by atoms with van der Waals surface area (Å²) in [7, 11) is 0. The fourth-order valence-electron chi connectivity index (χ4n) is 2.33. The number of quaternary nitrogens is 1. The molecule has 1 heterocycles. The molecular formula is C15H19N2O+. The Bertz CT molecular complexity index is 465. The number of benzene rings is 1. The standard InChI is InChI=1S/C15H19N2O/c1-2-6-15-16-9-10-17(15,11-12-18)13-14-7-4-3-5-8-14/h2-5,7-10,18H,1,6,11-13H2/q+1. The Morgan fingerprint density at radius 2 is 2.06 bits per heavy atom. The highest BCUT2D eigenvalue weighted by Gasteiger charge is 2.34. The van der Waals surface area contributed by atoms with E-state index in [0.717, 1.165) is 18.8 Å². The Hall–Kier alpha value is -1.71. The molecule has 0 amide bonds. The van der Waals surface area contributed by atoms with Gasteiger partial charge in [0, 0.05) is 5.56 Å². The Kier molecular flexibility index (Phi) is 4.07. The fraction of sp³-hybridized carbons (Fsp3) is 0.267. The van der Waals surface area contributed by atoms with E-state index in [2.05, 4.69) is 29.9 Å². The summed E-state index contributed by atoms with van der Waals surface area (Å²) in [5.41, 5.74) is 1.24. The molecule has 1 atom stereocenters. The lowest BCUT2D eigenvalue weighted by Crippen LogP contribution is -2.47. The first-order chi connectivity index (χ1) is 8.80. The average molecular weight is 243 g/mol. The molecule has 1 aromatic rings. The number of aliphatic hydroxyl groups excluding tert-OH is 1. The van der Waals surface area contributed by atoms with Gasteiger partial charge in [-0.1, -0.05) is 36.4 Å². The maximum atomic E-state index is 9.33. The van der Waals surface area contributed by atoms with E-state index < -0.39 is 0 Å². The SMILES string of the molecule is C=CCC1=NC=C[N+]1(CCO)Cc1ccccc1. The Morgan fingerprint density at radius 1 is 1.28 bits per heavy atom. The van der Waals surface area contributed by atoms with Gasteiger partial charge in [0.25, 0.3) is 0 Å². The minimum atomic E-state index is 0.146. The average Bonchev–Trinajstić information content (AvgIpc) is 2.75. The van der Waals surface area contributed by atoms with Crippen molar-refractivity contribution in [1.82, 2.24) is 0 Å². The predicted molar refractivity (Wildman–Crippen MR) is 73.7 cm³/mol. The van der Waals surface area contributed by atoms with Gasteiger partial charge in [0.15, 0.2) is 0 Å². The lowest BCUT2D eigenvalue weighted by atomic mass is 10.1. The Morgan fingerprint density at radius 3 is 2.72 bits per heavy atom. The molecule has 1 aliphatic heterocycles. The van der Waals surface area contributed by atoms with Crippen LogP contribution in [0.15, 0.2) is 60.4 Å². The molecule has 3 nitrogen and oxygen atoms in total. The highest BCUT2D eigenvalue weighted by molar-refractivity contribution is 5.79. The molecule has 2 rings (SSSR count). The van der Waals surface area contributed by atoms with Crippen molar-refractivity contribution in [3.05, 3.63) is 61.0 Å². The van der Waals surface area contributed by atoms with Crippen molar-refractivity contribution in [2.75, 3.05) is 13.2 Å². The molecule has 1 unspecified atom stereocenters. The molecule has 3 heteroatoms. The number of hydrogen-bond donors (Lipinski definition) is 1. The Labute approximate surface area is 108 Å². The van der Waals surface area contributed by atoms with Gasteiger partial charge in [0.05, 0.1) is 19.2 Å². The van der Waals surface area contributed by atoms with Gasteiger partial charge in [0.1, 0.15) is 19.3 Å². The summed E-state index contributed by atoms with van der Waals surface area (Å²) in [6.07, 6.45) is 6.50. The lowest BCUT2D eigenvalue weighted by Gasteiger charge is -2.31. The minimum absolute atomic E-state index is 0.146. The highest BCUT2D eigenvalue weighted by atomic mass is 16.3. The lowest BCUT2D eigenvalue weighted by molar-refractivity contribution is -0.802. The van der Waals surface area contributed by atoms with Gasteiger partial charge in [-0.3, -0.25) is 0 Å². The maximum Gasteiger partial charge on any atom is 0.211 e. The summed E-state index contributed by atoms with van der Waals surface area (Å²) in [6.45, 7) is 5.40. The zero-order chi connectivity index (χ0) is 12.8. The smallest absolute Gasteiger partial charge is 0.211 e. The van der Waals surface area contributed by atoms with Crippen molar-refractivity contribution in [3.63, 3.8) is 0 Å². The third kappa shape index (κ3) is 2.58. The number of nitrogens with zero attached hydrogens (tertiary/aromatic N) is 2. The van der Waals surface area contributed by atoms with Crippen LogP contribution in [0.2, 0.25) is 0 Å². The van der Waals surface area contributed by atoms with Crippen LogP contribution in [0.25, 0.3) is 0 Å². The molecular weight excluding hydrogens is 224 g/mol. The van der Waals surface area contributed by atoms with Gasteiger partial charge in [-0.2, -0.15) is 0 Å². The molecule has 0 saturated heterocycles. The first-order valence-electron chi connectivity index (χ1n) is 6.18. The van der Waals surface area contributed by atoms with Crippen molar-refractivity contribution in [1.29, 1.82) is 0 Å². The van der Waals surface area contributed by atoms with Crippen LogP contribution in [0.3, 0.4) is 0 Å². The summed E-state index contributed by atoms with van der Waals surface area (Å²) < 4.78 is 0.604. The molecule has 0 saturated carbocycles. The van der Waals surface area contributed by atoms with E-state index in [-0.39, 0.29) is 6.61 Å². The van der Waals surface area contributed by atoms with Crippen LogP contribution in [0.1, 0.15) is 12.0 Å². The van der Waals surface area contributed by atoms with Crippen molar-refractivity contribution in [2.24, 2.45) is 4.99 Å². The van der Waals surface area contributed by atoms with Crippen molar-refractivity contribution in [2.45, 2.75) is 13.0 Å². The van der Waals surface area contributed by atoms with Gasteiger partial charge in [-0.15, -0.1) is 6.58 Å². The summed E-state index contributed by atoms with van der Waals surface area (Å²) >= 11 is 0. The van der Waals surface area contributed by atoms with Gasteiger partial charge in [0.2, 0.25) is 5.84 Å². The molecule has 94 valence electrons. The zero-order valence-corrected chi connectivity index (χ0v) is 10.5. The predicted octanol–water partition coefficient (Wildman–Crippen LogP) is 2.46. The second-order valence-electron chi connectivity index (χ2n) is 4.46. The van der Waals surface area contributed by atoms with Crippen molar-refractivity contribution < 1.29 is 9.59 Å². The third-order valence-electron chi connectivity index (χ3n) is 3.22. The maximum absolute atomic E-state index is 9.33. The summed E-state index contributed by atoms with van der Waals surface area (Å²) in [5, 5.41) is 9.33. The molecule has 0 aliphatic carbocycles. The van der Waals surface area contributed by atoms with E-state index >= 15 is 0 Å². The normalized spacial score (nSPS) is 21.9. The van der Waals surface area contributed by atoms with Crippen LogP contribution in [0.5, 0.6) is 0 Å². The van der Waals surface area contributed by atoms with Crippen LogP contribution in [0.4, 0.5) is 0 Å². The van der Waals surface area contributed by atoms with E-state index in [9.17, 15) is 5.11 Å². The monoisotopic (exact) mass is 243 g/mol. The van der Waals surface area contributed by atoms with Crippen molar-refractivity contribution >= 4 is 5.84 Å². The molecule has 1 aliphatic rings. The molecule has 1 aromatic carbocycles. The van der Waals surface area contributed by atoms with E-state index in [0.29, 0.717) is 11.0 Å². The van der Waals surface area contributed by atoms with E-state index in [1.165, 1.54) is 5.56 Å². The summed E-state index contributed by atoms with van der Waals surface area (Å²) in [5.74, 6) is 1.04. The highest BCUT2D eigenvalue weighted by Crippen LogP contribution is 2.23. The molecule has 18 heavy (non-hydrogen) atoms.